The predicted molar refractivity (Wildman–Crippen MR) is 83.4 cm³/mol. The minimum absolute atomic E-state index is 0.113. The molecule has 2 aromatic rings. The lowest BCUT2D eigenvalue weighted by atomic mass is 10.1. The second-order valence-corrected chi connectivity index (χ2v) is 5.40. The number of hydrogen-bond acceptors (Lipinski definition) is 2. The minimum Gasteiger partial charge on any atom is -0.496 e. The second-order valence-electron chi connectivity index (χ2n) is 4.97. The lowest BCUT2D eigenvalue weighted by Gasteiger charge is -2.10. The highest BCUT2D eigenvalue weighted by Gasteiger charge is 2.08. The molecule has 0 radical (unpaired) electrons. The quantitative estimate of drug-likeness (QED) is 0.874. The maximum absolute atomic E-state index is 6.13. The third-order valence-electron chi connectivity index (χ3n) is 3.40. The molecule has 0 saturated heterocycles. The zero-order valence-electron chi connectivity index (χ0n) is 12.0. The summed E-state index contributed by atoms with van der Waals surface area (Å²) in [5.74, 6) is 0.850. The highest BCUT2D eigenvalue weighted by Crippen LogP contribution is 2.24. The molecule has 3 nitrogen and oxygen atoms in total. The average Bonchev–Trinajstić information content (AvgIpc) is 2.88. The normalized spacial score (nSPS) is 12.4. The van der Waals surface area contributed by atoms with Crippen LogP contribution < -0.4 is 10.5 Å². The highest BCUT2D eigenvalue weighted by atomic mass is 35.5. The third-order valence-corrected chi connectivity index (χ3v) is 3.63. The first kappa shape index (κ1) is 14.9. The van der Waals surface area contributed by atoms with E-state index in [-0.39, 0.29) is 6.04 Å². The Kier molecular flexibility index (Phi) is 5.10. The van der Waals surface area contributed by atoms with Gasteiger partial charge >= 0.3 is 0 Å². The molecule has 1 heterocycles. The van der Waals surface area contributed by atoms with Crippen LogP contribution in [0.2, 0.25) is 5.02 Å². The van der Waals surface area contributed by atoms with Crippen LogP contribution in [0.1, 0.15) is 36.9 Å². The maximum Gasteiger partial charge on any atom is 0.123 e. The standard InChI is InChI=1S/C16H21ClN2O/c1-3-4-15(18)12-7-8-19(10-12)11-13-9-14(17)5-6-16(13)20-2/h5-10,15H,3-4,11,18H2,1-2H3. The van der Waals surface area contributed by atoms with Crippen LogP contribution >= 0.6 is 11.6 Å². The van der Waals surface area contributed by atoms with Crippen molar-refractivity contribution < 1.29 is 4.74 Å². The van der Waals surface area contributed by atoms with Crippen molar-refractivity contribution in [1.29, 1.82) is 0 Å². The van der Waals surface area contributed by atoms with Gasteiger partial charge in [0, 0.05) is 29.0 Å². The summed E-state index contributed by atoms with van der Waals surface area (Å²) in [4.78, 5) is 0. The molecule has 0 fully saturated rings. The predicted octanol–water partition coefficient (Wildman–Crippen LogP) is 4.00. The molecule has 108 valence electrons. The van der Waals surface area contributed by atoms with Crippen molar-refractivity contribution in [2.45, 2.75) is 32.4 Å². The van der Waals surface area contributed by atoms with E-state index in [9.17, 15) is 0 Å². The fraction of sp³-hybridized carbons (Fsp3) is 0.375. The summed E-state index contributed by atoms with van der Waals surface area (Å²) in [7, 11) is 1.67. The van der Waals surface area contributed by atoms with Crippen LogP contribution in [0.15, 0.2) is 36.7 Å². The van der Waals surface area contributed by atoms with Gasteiger partial charge in [0.15, 0.2) is 0 Å². The Bertz CT molecular complexity index is 565. The van der Waals surface area contributed by atoms with Gasteiger partial charge in [0.1, 0.15) is 5.75 Å². The van der Waals surface area contributed by atoms with Crippen molar-refractivity contribution in [3.05, 3.63) is 52.8 Å². The maximum atomic E-state index is 6.13. The van der Waals surface area contributed by atoms with Crippen LogP contribution in [0.4, 0.5) is 0 Å². The van der Waals surface area contributed by atoms with E-state index in [4.69, 9.17) is 22.1 Å². The summed E-state index contributed by atoms with van der Waals surface area (Å²) in [5, 5.41) is 0.718. The smallest absolute Gasteiger partial charge is 0.123 e. The Balaban J connectivity index is 2.16. The first-order valence-electron chi connectivity index (χ1n) is 6.87. The molecule has 4 heteroatoms. The molecule has 0 aliphatic rings. The van der Waals surface area contributed by atoms with Crippen molar-refractivity contribution in [3.63, 3.8) is 0 Å². The number of hydrogen-bond donors (Lipinski definition) is 1. The lowest BCUT2D eigenvalue weighted by molar-refractivity contribution is 0.408. The van der Waals surface area contributed by atoms with E-state index in [0.29, 0.717) is 0 Å². The van der Waals surface area contributed by atoms with Crippen LogP contribution in [0.5, 0.6) is 5.75 Å². The number of ether oxygens (including phenoxy) is 1. The van der Waals surface area contributed by atoms with Crippen LogP contribution in [0.25, 0.3) is 0 Å². The van der Waals surface area contributed by atoms with Crippen molar-refractivity contribution >= 4 is 11.6 Å². The number of methoxy groups -OCH3 is 1. The van der Waals surface area contributed by atoms with Gasteiger partial charge in [-0.25, -0.2) is 0 Å². The van der Waals surface area contributed by atoms with Crippen LogP contribution in [-0.2, 0) is 6.54 Å². The number of nitrogens with two attached hydrogens (primary N) is 1. The summed E-state index contributed by atoms with van der Waals surface area (Å²) in [6, 6.07) is 7.86. The molecule has 2 N–H and O–H groups in total. The molecule has 0 spiro atoms. The number of rotatable bonds is 6. The van der Waals surface area contributed by atoms with Gasteiger partial charge in [-0.2, -0.15) is 0 Å². The van der Waals surface area contributed by atoms with Crippen LogP contribution in [0, 0.1) is 0 Å². The molecule has 0 amide bonds. The van der Waals surface area contributed by atoms with Crippen LogP contribution in [-0.4, -0.2) is 11.7 Å². The zero-order chi connectivity index (χ0) is 14.5. The topological polar surface area (TPSA) is 40.2 Å². The highest BCUT2D eigenvalue weighted by molar-refractivity contribution is 6.30. The summed E-state index contributed by atoms with van der Waals surface area (Å²) in [6.45, 7) is 2.87. The van der Waals surface area contributed by atoms with Crippen molar-refractivity contribution in [1.82, 2.24) is 4.57 Å². The Morgan fingerprint density at radius 1 is 1.35 bits per heavy atom. The van der Waals surface area contributed by atoms with Gasteiger partial charge in [-0.05, 0) is 36.2 Å². The zero-order valence-corrected chi connectivity index (χ0v) is 12.7. The molecule has 1 aromatic carbocycles. The van der Waals surface area contributed by atoms with E-state index < -0.39 is 0 Å². The van der Waals surface area contributed by atoms with Gasteiger partial charge in [-0.15, -0.1) is 0 Å². The number of halogens is 1. The lowest BCUT2D eigenvalue weighted by Crippen LogP contribution is -2.08. The summed E-state index contributed by atoms with van der Waals surface area (Å²) in [6.07, 6.45) is 6.24. The molecule has 1 atom stereocenters. The van der Waals surface area contributed by atoms with E-state index in [2.05, 4.69) is 23.8 Å². The minimum atomic E-state index is 0.113. The van der Waals surface area contributed by atoms with Crippen molar-refractivity contribution in [2.24, 2.45) is 5.73 Å². The van der Waals surface area contributed by atoms with E-state index in [1.807, 2.05) is 24.4 Å². The Labute approximate surface area is 125 Å². The first-order valence-corrected chi connectivity index (χ1v) is 7.25. The van der Waals surface area contributed by atoms with Gasteiger partial charge in [-0.1, -0.05) is 24.9 Å². The Morgan fingerprint density at radius 2 is 2.15 bits per heavy atom. The largest absolute Gasteiger partial charge is 0.496 e. The summed E-state index contributed by atoms with van der Waals surface area (Å²) < 4.78 is 7.48. The van der Waals surface area contributed by atoms with E-state index in [1.54, 1.807) is 7.11 Å². The fourth-order valence-electron chi connectivity index (χ4n) is 2.32. The van der Waals surface area contributed by atoms with Gasteiger partial charge < -0.3 is 15.0 Å². The first-order chi connectivity index (χ1) is 9.63. The monoisotopic (exact) mass is 292 g/mol. The number of nitrogens with zero attached hydrogens (tertiary/aromatic N) is 1. The molecular formula is C16H21ClN2O. The van der Waals surface area contributed by atoms with Crippen molar-refractivity contribution in [2.75, 3.05) is 7.11 Å². The summed E-state index contributed by atoms with van der Waals surface area (Å²) in [5.41, 5.74) is 8.37. The van der Waals surface area contributed by atoms with Gasteiger partial charge in [0.25, 0.3) is 0 Å². The second kappa shape index (κ2) is 6.82. The SMILES string of the molecule is CCCC(N)c1ccn(Cc2cc(Cl)ccc2OC)c1. The van der Waals surface area contributed by atoms with Gasteiger partial charge in [-0.3, -0.25) is 0 Å². The van der Waals surface area contributed by atoms with Crippen molar-refractivity contribution in [3.8, 4) is 5.75 Å². The molecule has 20 heavy (non-hydrogen) atoms. The molecule has 1 unspecified atom stereocenters. The molecule has 0 aliphatic carbocycles. The van der Waals surface area contributed by atoms with E-state index in [1.165, 1.54) is 5.56 Å². The van der Waals surface area contributed by atoms with E-state index in [0.717, 1.165) is 35.7 Å². The molecular weight excluding hydrogens is 272 g/mol. The molecule has 0 aliphatic heterocycles. The van der Waals surface area contributed by atoms with Crippen LogP contribution in [0.3, 0.4) is 0 Å². The molecule has 0 bridgehead atoms. The summed E-state index contributed by atoms with van der Waals surface area (Å²) >= 11 is 6.05. The average molecular weight is 293 g/mol. The third kappa shape index (κ3) is 3.56. The van der Waals surface area contributed by atoms with Gasteiger partial charge in [0.05, 0.1) is 13.7 Å². The molecule has 0 saturated carbocycles. The van der Waals surface area contributed by atoms with Gasteiger partial charge in [0.2, 0.25) is 0 Å². The molecule has 2 rings (SSSR count). The Hall–Kier alpha value is -1.45. The van der Waals surface area contributed by atoms with E-state index >= 15 is 0 Å². The number of aromatic nitrogens is 1. The Morgan fingerprint density at radius 3 is 2.85 bits per heavy atom. The fourth-order valence-corrected chi connectivity index (χ4v) is 2.52. The number of benzene rings is 1. The molecule has 1 aromatic heterocycles.